The van der Waals surface area contributed by atoms with Gasteiger partial charge in [0.05, 0.1) is 42.0 Å². The van der Waals surface area contributed by atoms with Gasteiger partial charge in [-0.25, -0.2) is 4.68 Å². The lowest BCUT2D eigenvalue weighted by molar-refractivity contribution is -0.146. The fourth-order valence-corrected chi connectivity index (χ4v) is 11.8. The zero-order valence-corrected chi connectivity index (χ0v) is 40.8. The number of aromatic amines is 1. The third-order valence-corrected chi connectivity index (χ3v) is 16.0. The molecule has 7 amide bonds. The predicted molar refractivity (Wildman–Crippen MR) is 266 cm³/mol. The minimum Gasteiger partial charge on any atom is -0.370 e. The number of primary amides is 2. The first-order chi connectivity index (χ1) is 34.2. The van der Waals surface area contributed by atoms with Crippen LogP contribution in [0.2, 0.25) is 0 Å². The van der Waals surface area contributed by atoms with Crippen LogP contribution in [0, 0.1) is 11.8 Å². The van der Waals surface area contributed by atoms with Crippen LogP contribution in [-0.2, 0) is 44.8 Å². The van der Waals surface area contributed by atoms with Crippen LogP contribution < -0.4 is 38.5 Å². The maximum atomic E-state index is 15.4. The highest BCUT2D eigenvalue weighted by Crippen LogP contribution is 2.39. The Balaban J connectivity index is 1.16. The molecule has 6 heterocycles. The number of benzene rings is 1. The van der Waals surface area contributed by atoms with Gasteiger partial charge in [-0.3, -0.25) is 38.4 Å². The largest absolute Gasteiger partial charge is 0.370 e. The summed E-state index contributed by atoms with van der Waals surface area (Å²) in [6, 6.07) is 8.51. The van der Waals surface area contributed by atoms with Crippen LogP contribution in [0.1, 0.15) is 88.7 Å². The van der Waals surface area contributed by atoms with Gasteiger partial charge >= 0.3 is 0 Å². The minimum atomic E-state index is -1.45. The van der Waals surface area contributed by atoms with Gasteiger partial charge in [-0.2, -0.15) is 0 Å². The second-order valence-corrected chi connectivity index (χ2v) is 20.8. The van der Waals surface area contributed by atoms with E-state index in [1.807, 2.05) is 53.9 Å². The number of thiophene rings is 2. The maximum absolute atomic E-state index is 15.4. The van der Waals surface area contributed by atoms with Crippen molar-refractivity contribution in [2.75, 3.05) is 13.1 Å². The molecule has 5 aromatic rings. The van der Waals surface area contributed by atoms with Crippen molar-refractivity contribution in [2.45, 2.75) is 120 Å². The van der Waals surface area contributed by atoms with Crippen molar-refractivity contribution in [3.63, 3.8) is 0 Å². The first-order valence-electron chi connectivity index (χ1n) is 24.2. The van der Waals surface area contributed by atoms with Crippen LogP contribution in [0.5, 0.6) is 0 Å². The number of nitrogens with one attached hydrogen (secondary N) is 5. The number of carbonyl (C=O) groups is 8. The average Bonchev–Trinajstić information content (AvgIpc) is 4.22. The van der Waals surface area contributed by atoms with Crippen molar-refractivity contribution in [1.82, 2.24) is 46.1 Å². The lowest BCUT2D eigenvalue weighted by Crippen LogP contribution is -2.57. The summed E-state index contributed by atoms with van der Waals surface area (Å²) in [5, 5.41) is 22.7. The number of nitrogens with two attached hydrogens (primary N) is 3. The molecule has 0 bridgehead atoms. The molecule has 8 rings (SSSR count). The Morgan fingerprint density at radius 1 is 0.789 bits per heavy atom. The van der Waals surface area contributed by atoms with Crippen LogP contribution in [0.15, 0.2) is 66.3 Å². The number of ketones is 1. The Hall–Kier alpha value is -6.78. The van der Waals surface area contributed by atoms with E-state index in [4.69, 9.17) is 17.2 Å². The molecule has 0 radical (unpaired) electrons. The van der Waals surface area contributed by atoms with Crippen LogP contribution >= 0.6 is 22.7 Å². The lowest BCUT2D eigenvalue weighted by Gasteiger charge is -2.35. The minimum absolute atomic E-state index is 0.00177. The highest BCUT2D eigenvalue weighted by Gasteiger charge is 2.46. The Morgan fingerprint density at radius 3 is 2.31 bits per heavy atom. The lowest BCUT2D eigenvalue weighted by atomic mass is 9.76. The van der Waals surface area contributed by atoms with Gasteiger partial charge in [0.25, 0.3) is 0 Å². The van der Waals surface area contributed by atoms with E-state index in [1.165, 1.54) is 4.90 Å². The monoisotopic (exact) mass is 1010 g/mol. The van der Waals surface area contributed by atoms with Crippen molar-refractivity contribution in [3.8, 4) is 20.3 Å². The molecule has 7 atom stereocenters. The number of nitrogens with zero attached hydrogens (tertiary/aromatic N) is 4. The number of hydrogen-bond donors (Lipinski definition) is 8. The Bertz CT molecular complexity index is 2750. The number of aromatic nitrogens is 4. The molecule has 376 valence electrons. The van der Waals surface area contributed by atoms with Gasteiger partial charge in [-0.15, -0.1) is 27.8 Å². The van der Waals surface area contributed by atoms with Gasteiger partial charge in [-0.1, -0.05) is 48.7 Å². The Morgan fingerprint density at radius 2 is 1.55 bits per heavy atom. The van der Waals surface area contributed by atoms with Gasteiger partial charge in [0, 0.05) is 65.1 Å². The molecule has 1 aromatic carbocycles. The van der Waals surface area contributed by atoms with Gasteiger partial charge in [-0.05, 0) is 73.2 Å². The fraction of sp³-hybridized carbons (Fsp3) is 0.469. The van der Waals surface area contributed by atoms with E-state index in [2.05, 4.69) is 36.6 Å². The van der Waals surface area contributed by atoms with Crippen LogP contribution in [0.3, 0.4) is 0 Å². The Labute approximate surface area is 417 Å². The highest BCUT2D eigenvalue weighted by atomic mass is 32.1. The summed E-state index contributed by atoms with van der Waals surface area (Å²) in [4.78, 5) is 119. The van der Waals surface area contributed by atoms with E-state index in [9.17, 15) is 28.8 Å². The SMILES string of the molecule is NC(=O)C[C@@H]1NC(=O)[C@@H](N)CC(=O)NCCCC[C@@H](C(N)=O)NC(=O)[C@H](Cc2c[nH]c3ccccc23)NC(=O)[C@@H]2C[C@H](n3cc(-c4ccc(-c5cccs5)s4)nn3)CN2C(=O)[C@H](C2CCCCC2)CC1=O. The normalized spacial score (nSPS) is 25.3. The number of para-hydroxylation sites is 1. The van der Waals surface area contributed by atoms with Crippen LogP contribution in [-0.4, -0.2) is 115 Å². The zero-order chi connectivity index (χ0) is 50.2. The van der Waals surface area contributed by atoms with E-state index in [1.54, 1.807) is 39.7 Å². The van der Waals surface area contributed by atoms with Crippen molar-refractivity contribution >= 4 is 80.7 Å². The molecule has 2 aliphatic heterocycles. The van der Waals surface area contributed by atoms with Gasteiger partial charge in [0.15, 0.2) is 5.78 Å². The number of carbonyl (C=O) groups excluding carboxylic acids is 8. The van der Waals surface area contributed by atoms with E-state index < -0.39 is 109 Å². The first-order valence-corrected chi connectivity index (χ1v) is 25.9. The van der Waals surface area contributed by atoms with Crippen molar-refractivity contribution < 1.29 is 38.4 Å². The summed E-state index contributed by atoms with van der Waals surface area (Å²) < 4.78 is 1.64. The van der Waals surface area contributed by atoms with E-state index in [0.717, 1.165) is 44.8 Å². The zero-order valence-electron chi connectivity index (χ0n) is 39.2. The van der Waals surface area contributed by atoms with Crippen LogP contribution in [0.4, 0.5) is 0 Å². The van der Waals surface area contributed by atoms with Gasteiger partial charge < -0.3 is 48.4 Å². The molecule has 11 N–H and O–H groups in total. The number of hydrogen-bond acceptors (Lipinski definition) is 13. The summed E-state index contributed by atoms with van der Waals surface area (Å²) in [5.74, 6) is -6.83. The molecular formula is C49H60N12O8S2. The van der Waals surface area contributed by atoms with E-state index in [-0.39, 0.29) is 38.3 Å². The first kappa shape index (κ1) is 50.6. The molecule has 22 heteroatoms. The Kier molecular flexibility index (Phi) is 16.4. The second-order valence-electron chi connectivity index (χ2n) is 18.8. The molecule has 20 nitrogen and oxygen atoms in total. The number of H-pyrrole nitrogens is 1. The molecule has 3 aliphatic rings. The van der Waals surface area contributed by atoms with E-state index in [0.29, 0.717) is 36.9 Å². The molecule has 0 spiro atoms. The summed E-state index contributed by atoms with van der Waals surface area (Å²) in [7, 11) is 0. The summed E-state index contributed by atoms with van der Waals surface area (Å²) in [6.07, 6.45) is 6.72. The van der Waals surface area contributed by atoms with E-state index >= 15 is 9.59 Å². The number of Topliss-reactive ketones (excluding diaryl/α,β-unsaturated/α-hetero) is 1. The molecule has 2 saturated heterocycles. The third kappa shape index (κ3) is 12.4. The second kappa shape index (κ2) is 23.0. The molecule has 1 saturated carbocycles. The topological polar surface area (TPSA) is 312 Å². The molecule has 71 heavy (non-hydrogen) atoms. The number of amides is 7. The smallest absolute Gasteiger partial charge is 0.243 e. The number of fused-ring (bicyclic) bond motifs is 2. The van der Waals surface area contributed by atoms with Crippen molar-refractivity contribution in [2.24, 2.45) is 29.0 Å². The summed E-state index contributed by atoms with van der Waals surface area (Å²) >= 11 is 3.18. The van der Waals surface area contributed by atoms with Gasteiger partial charge in [0.1, 0.15) is 23.8 Å². The molecule has 4 aromatic heterocycles. The predicted octanol–water partition coefficient (Wildman–Crippen LogP) is 2.59. The van der Waals surface area contributed by atoms with Gasteiger partial charge in [0.2, 0.25) is 41.4 Å². The number of rotatable bonds is 9. The molecule has 3 fully saturated rings. The average molecular weight is 1010 g/mol. The third-order valence-electron chi connectivity index (χ3n) is 13.8. The van der Waals surface area contributed by atoms with Crippen molar-refractivity contribution in [1.29, 1.82) is 0 Å². The van der Waals surface area contributed by atoms with Crippen LogP contribution in [0.25, 0.3) is 31.2 Å². The summed E-state index contributed by atoms with van der Waals surface area (Å²) in [6.45, 7) is 0.133. The van der Waals surface area contributed by atoms with Crippen molar-refractivity contribution in [3.05, 3.63) is 71.9 Å². The molecule has 1 aliphatic carbocycles. The fourth-order valence-electron chi connectivity index (χ4n) is 10.0. The standard InChI is InChI=1S/C49H60N12O8S2/c50-32-22-44(64)53-17-7-6-13-34(45(52)65)55-47(67)36(19-28-24-54-33-12-5-4-11-30(28)33)57-48(68)38-20-29(61-26-37(58-59-61)40-15-16-42(71-40)41-14-8-18-70-41)25-60(38)49(69)31(27-9-2-1-3-10-27)21-39(62)35(23-43(51)63)56-46(32)66/h4-5,8,11-12,14-16,18,24,26-27,29,31-32,34-36,38,54H,1-3,6-7,9-10,13,17,19-23,25,50H2,(H2,51,63)(H2,52,65)(H,53,64)(H,55,67)(H,56,66)(H,57,68)/t29-,31-,32-,34-,35-,36-,38-/m0/s1. The maximum Gasteiger partial charge on any atom is 0.243 e. The quantitative estimate of drug-likeness (QED) is 0.106. The molecule has 0 unspecified atom stereocenters. The summed E-state index contributed by atoms with van der Waals surface area (Å²) in [5.41, 5.74) is 19.7. The highest BCUT2D eigenvalue weighted by molar-refractivity contribution is 7.23. The molecular weight excluding hydrogens is 949 g/mol.